The van der Waals surface area contributed by atoms with Crippen molar-refractivity contribution in [3.8, 4) is 0 Å². The van der Waals surface area contributed by atoms with Crippen LogP contribution in [0.5, 0.6) is 0 Å². The number of piperidine rings is 1. The second-order valence-corrected chi connectivity index (χ2v) is 7.30. The number of fused-ring (bicyclic) bond motifs is 1. The van der Waals surface area contributed by atoms with Gasteiger partial charge in [0.15, 0.2) is 5.65 Å². The van der Waals surface area contributed by atoms with E-state index in [2.05, 4.69) is 15.3 Å². The van der Waals surface area contributed by atoms with E-state index in [1.807, 2.05) is 30.6 Å². The Bertz CT molecular complexity index is 977. The monoisotopic (exact) mass is 393 g/mol. The fraction of sp³-hybridized carbons (Fsp3) is 0.450. The van der Waals surface area contributed by atoms with Crippen LogP contribution in [0.15, 0.2) is 36.8 Å². The molecule has 2 radical (unpaired) electrons. The Kier molecular flexibility index (Phi) is 5.85. The molecular formula is C20H26BN6O2+. The number of aliphatic hydroxyl groups is 1. The first kappa shape index (κ1) is 19.5. The van der Waals surface area contributed by atoms with Crippen LogP contribution < -0.4 is 25.2 Å². The molecule has 9 heteroatoms. The van der Waals surface area contributed by atoms with Gasteiger partial charge < -0.3 is 15.3 Å². The highest BCUT2D eigenvalue weighted by Crippen LogP contribution is 2.27. The van der Waals surface area contributed by atoms with Gasteiger partial charge in [-0.05, 0) is 37.2 Å². The number of nitrogens with one attached hydrogen (secondary N) is 1. The van der Waals surface area contributed by atoms with Crippen molar-refractivity contribution in [1.82, 2.24) is 14.6 Å². The van der Waals surface area contributed by atoms with E-state index in [-0.39, 0.29) is 12.6 Å². The molecule has 1 aliphatic rings. The molecule has 3 aromatic rings. The van der Waals surface area contributed by atoms with Crippen LogP contribution in [0.3, 0.4) is 0 Å². The average molecular weight is 393 g/mol. The molecular weight excluding hydrogens is 367 g/mol. The second kappa shape index (κ2) is 8.69. The Hall–Kier alpha value is -2.81. The van der Waals surface area contributed by atoms with E-state index in [0.717, 1.165) is 43.0 Å². The number of rotatable bonds is 7. The highest BCUT2D eigenvalue weighted by molar-refractivity contribution is 6.36. The van der Waals surface area contributed by atoms with Gasteiger partial charge in [0.1, 0.15) is 26.6 Å². The van der Waals surface area contributed by atoms with Gasteiger partial charge in [0.05, 0.1) is 0 Å². The molecule has 1 fully saturated rings. The first-order valence-electron chi connectivity index (χ1n) is 10.00. The number of hydrogen-bond donors (Lipinski definition) is 2. The fourth-order valence-corrected chi connectivity index (χ4v) is 3.90. The molecule has 2 N–H and O–H groups in total. The van der Waals surface area contributed by atoms with E-state index in [9.17, 15) is 5.11 Å². The molecule has 1 atom stereocenters. The Morgan fingerprint density at radius 3 is 3.14 bits per heavy atom. The van der Waals surface area contributed by atoms with Crippen molar-refractivity contribution in [2.75, 3.05) is 30.5 Å². The summed E-state index contributed by atoms with van der Waals surface area (Å²) in [5.41, 5.74) is 2.25. The molecule has 0 unspecified atom stereocenters. The van der Waals surface area contributed by atoms with Gasteiger partial charge in [-0.3, -0.25) is 4.84 Å². The smallest absolute Gasteiger partial charge is 0.227 e. The molecule has 0 aromatic carbocycles. The Balaban J connectivity index is 1.65. The lowest BCUT2D eigenvalue weighted by molar-refractivity contribution is -0.885. The Labute approximate surface area is 171 Å². The van der Waals surface area contributed by atoms with E-state index in [4.69, 9.17) is 17.7 Å². The molecule has 4 heterocycles. The molecule has 1 saturated heterocycles. The van der Waals surface area contributed by atoms with Crippen LogP contribution in [0.4, 0.5) is 11.6 Å². The topological polar surface area (TPSA) is 78.8 Å². The third-order valence-electron chi connectivity index (χ3n) is 5.39. The van der Waals surface area contributed by atoms with Crippen LogP contribution in [-0.2, 0) is 6.54 Å². The summed E-state index contributed by atoms with van der Waals surface area (Å²) in [6.07, 6.45) is 9.49. The summed E-state index contributed by atoms with van der Waals surface area (Å²) in [6, 6.07) is 6.27. The van der Waals surface area contributed by atoms with Crippen molar-refractivity contribution in [2.45, 2.75) is 38.3 Å². The van der Waals surface area contributed by atoms with Gasteiger partial charge in [0, 0.05) is 54.4 Å². The van der Waals surface area contributed by atoms with Gasteiger partial charge in [-0.25, -0.2) is 4.98 Å². The van der Waals surface area contributed by atoms with Gasteiger partial charge in [-0.2, -0.15) is 9.61 Å². The van der Waals surface area contributed by atoms with Gasteiger partial charge >= 0.3 is 0 Å². The minimum atomic E-state index is 0.177. The number of nitrogens with zero attached hydrogens (tertiary/aromatic N) is 5. The largest absolute Gasteiger partial charge is 0.396 e. The van der Waals surface area contributed by atoms with E-state index in [0.29, 0.717) is 17.7 Å². The molecule has 1 aliphatic heterocycles. The maximum absolute atomic E-state index is 9.47. The molecule has 8 nitrogen and oxygen atoms in total. The third-order valence-corrected chi connectivity index (χ3v) is 5.39. The van der Waals surface area contributed by atoms with E-state index >= 15 is 0 Å². The zero-order valence-corrected chi connectivity index (χ0v) is 16.7. The lowest BCUT2D eigenvalue weighted by atomic mass is 9.99. The zero-order valence-electron chi connectivity index (χ0n) is 16.7. The Morgan fingerprint density at radius 1 is 1.41 bits per heavy atom. The summed E-state index contributed by atoms with van der Waals surface area (Å²) in [5, 5.41) is 17.3. The Morgan fingerprint density at radius 2 is 2.31 bits per heavy atom. The first-order chi connectivity index (χ1) is 14.2. The highest BCUT2D eigenvalue weighted by atomic mass is 16.6. The minimum absolute atomic E-state index is 0.177. The van der Waals surface area contributed by atoms with Crippen molar-refractivity contribution in [3.63, 3.8) is 0 Å². The number of hydrogen-bond acceptors (Lipinski definition) is 6. The first-order valence-corrected chi connectivity index (χ1v) is 10.00. The summed E-state index contributed by atoms with van der Waals surface area (Å²) < 4.78 is 3.39. The number of aliphatic hydroxyl groups excluding tert-OH is 1. The molecule has 0 aliphatic carbocycles. The van der Waals surface area contributed by atoms with Crippen LogP contribution in [0.1, 0.15) is 31.2 Å². The predicted molar refractivity (Wildman–Crippen MR) is 112 cm³/mol. The van der Waals surface area contributed by atoms with Crippen molar-refractivity contribution in [1.29, 1.82) is 0 Å². The van der Waals surface area contributed by atoms with E-state index in [1.54, 1.807) is 22.6 Å². The maximum Gasteiger partial charge on any atom is 0.227 e. The third kappa shape index (κ3) is 4.14. The number of aromatic nitrogens is 4. The summed E-state index contributed by atoms with van der Waals surface area (Å²) in [6.45, 7) is 1.70. The summed E-state index contributed by atoms with van der Waals surface area (Å²) >= 11 is 0. The second-order valence-electron chi connectivity index (χ2n) is 7.30. The van der Waals surface area contributed by atoms with E-state index < -0.39 is 0 Å². The molecule has 0 amide bonds. The normalized spacial score (nSPS) is 16.9. The van der Waals surface area contributed by atoms with Gasteiger partial charge in [-0.15, -0.1) is 0 Å². The quantitative estimate of drug-likeness (QED) is 0.442. The van der Waals surface area contributed by atoms with E-state index in [1.165, 1.54) is 6.42 Å². The van der Waals surface area contributed by atoms with Crippen LogP contribution >= 0.6 is 0 Å². The molecule has 0 spiro atoms. The lowest BCUT2D eigenvalue weighted by Gasteiger charge is -2.36. The van der Waals surface area contributed by atoms with Crippen LogP contribution in [-0.4, -0.2) is 53.9 Å². The van der Waals surface area contributed by atoms with Crippen molar-refractivity contribution in [3.05, 3.63) is 42.4 Å². The van der Waals surface area contributed by atoms with Crippen molar-refractivity contribution < 1.29 is 14.7 Å². The predicted octanol–water partition coefficient (Wildman–Crippen LogP) is 0.222. The van der Waals surface area contributed by atoms with Crippen LogP contribution in [0, 0.1) is 0 Å². The summed E-state index contributed by atoms with van der Waals surface area (Å²) in [5.74, 6) is 1.69. The van der Waals surface area contributed by atoms with Crippen molar-refractivity contribution >= 4 is 30.6 Å². The summed E-state index contributed by atoms with van der Waals surface area (Å²) in [4.78, 5) is 12.3. The van der Waals surface area contributed by atoms with Crippen molar-refractivity contribution in [2.24, 2.45) is 0 Å². The lowest BCUT2D eigenvalue weighted by Crippen LogP contribution is -2.41. The molecule has 3 aromatic heterocycles. The molecule has 0 saturated carbocycles. The average Bonchev–Trinajstić information content (AvgIpc) is 3.14. The van der Waals surface area contributed by atoms with Crippen LogP contribution in [0.25, 0.3) is 5.65 Å². The number of anilines is 2. The standard InChI is InChI=1S/C20H26BN6O2/c1-29-25-8-4-5-15(14-25)12-22-18-11-19(24-20-17(21)13-23-27(18)20)26-9-3-2-6-16(26)7-10-28/h4-5,8,11,13-14,16,22,28H,2-3,6-7,9-10,12H2,1H3/q+1/t16-/m1/s1. The molecule has 4 rings (SSSR count). The van der Waals surface area contributed by atoms with Crippen LogP contribution in [0.2, 0.25) is 0 Å². The number of pyridine rings is 1. The maximum atomic E-state index is 9.47. The fourth-order valence-electron chi connectivity index (χ4n) is 3.90. The van der Waals surface area contributed by atoms with Gasteiger partial charge in [0.25, 0.3) is 0 Å². The SMILES string of the molecule is [B]c1cnn2c(NCc3ccc[n+](OC)c3)cc(N3CCCC[C@@H]3CCO)nc12. The minimum Gasteiger partial charge on any atom is -0.396 e. The highest BCUT2D eigenvalue weighted by Gasteiger charge is 2.24. The molecule has 0 bridgehead atoms. The van der Waals surface area contributed by atoms with Gasteiger partial charge in [0.2, 0.25) is 12.4 Å². The van der Waals surface area contributed by atoms with Gasteiger partial charge in [-0.1, -0.05) is 0 Å². The molecule has 29 heavy (non-hydrogen) atoms. The molecule has 150 valence electrons. The zero-order chi connectivity index (χ0) is 20.2. The summed E-state index contributed by atoms with van der Waals surface area (Å²) in [7, 11) is 7.76.